The van der Waals surface area contributed by atoms with E-state index in [1.807, 2.05) is 26.0 Å². The molecule has 2 heterocycles. The van der Waals surface area contributed by atoms with Crippen LogP contribution in [0.1, 0.15) is 26.7 Å². The van der Waals surface area contributed by atoms with Crippen LogP contribution in [0.5, 0.6) is 11.5 Å². The van der Waals surface area contributed by atoms with Crippen molar-refractivity contribution in [3.63, 3.8) is 0 Å². The molecule has 1 aromatic carbocycles. The van der Waals surface area contributed by atoms with Gasteiger partial charge in [-0.05, 0) is 26.7 Å². The van der Waals surface area contributed by atoms with E-state index in [-0.39, 0.29) is 12.0 Å². The van der Waals surface area contributed by atoms with Gasteiger partial charge < -0.3 is 29.2 Å². The second kappa shape index (κ2) is 9.09. The van der Waals surface area contributed by atoms with Crippen molar-refractivity contribution in [1.82, 2.24) is 0 Å². The molecule has 0 spiro atoms. The summed E-state index contributed by atoms with van der Waals surface area (Å²) in [6.07, 6.45) is 1.27. The summed E-state index contributed by atoms with van der Waals surface area (Å²) >= 11 is 0. The van der Waals surface area contributed by atoms with Crippen LogP contribution in [-0.2, 0) is 14.3 Å². The van der Waals surface area contributed by atoms with Crippen LogP contribution in [0.3, 0.4) is 0 Å². The molecule has 26 heavy (non-hydrogen) atoms. The first-order chi connectivity index (χ1) is 12.7. The van der Waals surface area contributed by atoms with E-state index in [9.17, 15) is 4.79 Å². The summed E-state index contributed by atoms with van der Waals surface area (Å²) in [5, 5.41) is 2.95. The number of anilines is 2. The largest absolute Gasteiger partial charge is 0.492 e. The van der Waals surface area contributed by atoms with Crippen molar-refractivity contribution in [2.45, 2.75) is 32.8 Å². The van der Waals surface area contributed by atoms with Gasteiger partial charge in [-0.3, -0.25) is 4.79 Å². The zero-order valence-corrected chi connectivity index (χ0v) is 15.6. The average molecular weight is 364 g/mol. The van der Waals surface area contributed by atoms with Crippen LogP contribution in [0.4, 0.5) is 11.4 Å². The van der Waals surface area contributed by atoms with Gasteiger partial charge in [0, 0.05) is 31.8 Å². The number of morpholine rings is 1. The van der Waals surface area contributed by atoms with Crippen LogP contribution in [0.15, 0.2) is 12.1 Å². The highest BCUT2D eigenvalue weighted by molar-refractivity contribution is 5.96. The molecular formula is C19H28N2O5. The van der Waals surface area contributed by atoms with Crippen LogP contribution >= 0.6 is 0 Å². The predicted molar refractivity (Wildman–Crippen MR) is 99.4 cm³/mol. The Morgan fingerprint density at radius 2 is 1.88 bits per heavy atom. The second-order valence-corrected chi connectivity index (χ2v) is 6.27. The SMILES string of the molecule is CCOc1cc(N2CCOCC2)c(OCC)cc1NC(=O)[C@@H]1CCCO1. The molecule has 0 aromatic heterocycles. The molecule has 0 bridgehead atoms. The molecule has 1 atom stereocenters. The minimum absolute atomic E-state index is 0.134. The highest BCUT2D eigenvalue weighted by Crippen LogP contribution is 2.39. The summed E-state index contributed by atoms with van der Waals surface area (Å²) < 4.78 is 22.6. The zero-order chi connectivity index (χ0) is 18.4. The van der Waals surface area contributed by atoms with E-state index in [2.05, 4.69) is 10.2 Å². The maximum absolute atomic E-state index is 12.5. The molecule has 2 fully saturated rings. The third-order valence-corrected chi connectivity index (χ3v) is 4.49. The molecule has 7 nitrogen and oxygen atoms in total. The highest BCUT2D eigenvalue weighted by Gasteiger charge is 2.26. The summed E-state index contributed by atoms with van der Waals surface area (Å²) in [7, 11) is 0. The molecule has 2 aliphatic rings. The number of ether oxygens (including phenoxy) is 4. The van der Waals surface area contributed by atoms with E-state index < -0.39 is 0 Å². The number of nitrogens with one attached hydrogen (secondary N) is 1. The standard InChI is InChI=1S/C19H28N2O5/c1-3-24-17-13-15(21-7-10-23-11-8-21)18(25-4-2)12-14(17)20-19(22)16-6-5-9-26-16/h12-13,16H,3-11H2,1-2H3,(H,20,22)/t16-/m0/s1. The molecular weight excluding hydrogens is 336 g/mol. The van der Waals surface area contributed by atoms with Crippen molar-refractivity contribution >= 4 is 17.3 Å². The van der Waals surface area contributed by atoms with Gasteiger partial charge in [-0.1, -0.05) is 0 Å². The van der Waals surface area contributed by atoms with Gasteiger partial charge in [-0.15, -0.1) is 0 Å². The van der Waals surface area contributed by atoms with Crippen molar-refractivity contribution in [2.24, 2.45) is 0 Å². The van der Waals surface area contributed by atoms with E-state index >= 15 is 0 Å². The fourth-order valence-corrected chi connectivity index (χ4v) is 3.24. The Bertz CT molecular complexity index is 610. The van der Waals surface area contributed by atoms with Crippen LogP contribution in [0.25, 0.3) is 0 Å². The zero-order valence-electron chi connectivity index (χ0n) is 15.6. The van der Waals surface area contributed by atoms with Crippen LogP contribution in [0.2, 0.25) is 0 Å². The summed E-state index contributed by atoms with van der Waals surface area (Å²) in [5.41, 5.74) is 1.58. The van der Waals surface area contributed by atoms with Gasteiger partial charge in [-0.25, -0.2) is 0 Å². The molecule has 7 heteroatoms. The first kappa shape index (κ1) is 18.8. The van der Waals surface area contributed by atoms with E-state index in [1.165, 1.54) is 0 Å². The molecule has 0 aliphatic carbocycles. The fourth-order valence-electron chi connectivity index (χ4n) is 3.24. The summed E-state index contributed by atoms with van der Waals surface area (Å²) in [5.74, 6) is 1.24. The lowest BCUT2D eigenvalue weighted by Gasteiger charge is -2.31. The molecule has 0 unspecified atom stereocenters. The lowest BCUT2D eigenvalue weighted by molar-refractivity contribution is -0.124. The van der Waals surface area contributed by atoms with Crippen LogP contribution in [0, 0.1) is 0 Å². The van der Waals surface area contributed by atoms with Crippen molar-refractivity contribution in [3.8, 4) is 11.5 Å². The molecule has 2 saturated heterocycles. The summed E-state index contributed by atoms with van der Waals surface area (Å²) in [4.78, 5) is 14.7. The fraction of sp³-hybridized carbons (Fsp3) is 0.632. The third-order valence-electron chi connectivity index (χ3n) is 4.49. The number of carbonyl (C=O) groups is 1. The minimum atomic E-state index is -0.390. The van der Waals surface area contributed by atoms with Crippen molar-refractivity contribution in [3.05, 3.63) is 12.1 Å². The number of nitrogens with zero attached hydrogens (tertiary/aromatic N) is 1. The van der Waals surface area contributed by atoms with E-state index in [4.69, 9.17) is 18.9 Å². The van der Waals surface area contributed by atoms with Crippen molar-refractivity contribution in [1.29, 1.82) is 0 Å². The number of amides is 1. The molecule has 1 amide bonds. The Hall–Kier alpha value is -1.99. The topological polar surface area (TPSA) is 69.3 Å². The molecule has 1 aromatic rings. The van der Waals surface area contributed by atoms with Crippen LogP contribution in [-0.4, -0.2) is 58.1 Å². The lowest BCUT2D eigenvalue weighted by atomic mass is 10.2. The van der Waals surface area contributed by atoms with Crippen LogP contribution < -0.4 is 19.7 Å². The Kier molecular flexibility index (Phi) is 6.57. The Labute approximate surface area is 154 Å². The summed E-state index contributed by atoms with van der Waals surface area (Å²) in [6, 6.07) is 3.80. The van der Waals surface area contributed by atoms with Crippen molar-refractivity contribution in [2.75, 3.05) is 56.3 Å². The molecule has 144 valence electrons. The average Bonchev–Trinajstić information content (AvgIpc) is 3.19. The van der Waals surface area contributed by atoms with E-state index in [0.29, 0.717) is 44.5 Å². The van der Waals surface area contributed by atoms with Gasteiger partial charge in [0.2, 0.25) is 0 Å². The Morgan fingerprint density at radius 1 is 1.15 bits per heavy atom. The molecule has 3 rings (SSSR count). The normalized spacial score (nSPS) is 20.1. The first-order valence-electron chi connectivity index (χ1n) is 9.41. The quantitative estimate of drug-likeness (QED) is 0.801. The van der Waals surface area contributed by atoms with E-state index in [1.54, 1.807) is 0 Å². The highest BCUT2D eigenvalue weighted by atomic mass is 16.5. The van der Waals surface area contributed by atoms with Crippen molar-refractivity contribution < 1.29 is 23.7 Å². The monoisotopic (exact) mass is 364 g/mol. The third kappa shape index (κ3) is 4.40. The van der Waals surface area contributed by atoms with Gasteiger partial charge >= 0.3 is 0 Å². The maximum Gasteiger partial charge on any atom is 0.253 e. The number of benzene rings is 1. The molecule has 2 aliphatic heterocycles. The predicted octanol–water partition coefficient (Wildman–Crippen LogP) is 2.44. The molecule has 1 N–H and O–H groups in total. The smallest absolute Gasteiger partial charge is 0.253 e. The van der Waals surface area contributed by atoms with Gasteiger partial charge in [-0.2, -0.15) is 0 Å². The summed E-state index contributed by atoms with van der Waals surface area (Å²) in [6.45, 7) is 8.54. The minimum Gasteiger partial charge on any atom is -0.492 e. The van der Waals surface area contributed by atoms with E-state index in [0.717, 1.165) is 37.4 Å². The number of rotatable bonds is 7. The van der Waals surface area contributed by atoms with Gasteiger partial charge in [0.1, 0.15) is 17.6 Å². The first-order valence-corrected chi connectivity index (χ1v) is 9.41. The number of hydrogen-bond donors (Lipinski definition) is 1. The maximum atomic E-state index is 12.5. The Balaban J connectivity index is 1.88. The molecule has 0 radical (unpaired) electrons. The molecule has 0 saturated carbocycles. The number of carbonyl (C=O) groups excluding carboxylic acids is 1. The second-order valence-electron chi connectivity index (χ2n) is 6.27. The lowest BCUT2D eigenvalue weighted by Crippen LogP contribution is -2.36. The van der Waals surface area contributed by atoms with Gasteiger partial charge in [0.25, 0.3) is 5.91 Å². The van der Waals surface area contributed by atoms with Gasteiger partial charge in [0.05, 0.1) is 37.8 Å². The number of hydrogen-bond acceptors (Lipinski definition) is 6. The Morgan fingerprint density at radius 3 is 2.54 bits per heavy atom. The van der Waals surface area contributed by atoms with Gasteiger partial charge in [0.15, 0.2) is 0 Å².